The van der Waals surface area contributed by atoms with Gasteiger partial charge in [-0.3, -0.25) is 25.2 Å². The Morgan fingerprint density at radius 1 is 1.10 bits per heavy atom. The summed E-state index contributed by atoms with van der Waals surface area (Å²) >= 11 is 0. The second-order valence-electron chi connectivity index (χ2n) is 4.79. The Labute approximate surface area is 116 Å². The van der Waals surface area contributed by atoms with E-state index in [0.29, 0.717) is 0 Å². The number of benzene rings is 1. The molecule has 0 saturated heterocycles. The minimum Gasteiger partial charge on any atom is -0.481 e. The molecular weight excluding hydrogens is 260 g/mol. The molecule has 1 saturated carbocycles. The van der Waals surface area contributed by atoms with Crippen LogP contribution >= 0.6 is 0 Å². The second kappa shape index (κ2) is 6.18. The Kier molecular flexibility index (Phi) is 4.34. The molecule has 2 rings (SSSR count). The third-order valence-electron chi connectivity index (χ3n) is 3.25. The largest absolute Gasteiger partial charge is 0.481 e. The third kappa shape index (κ3) is 3.81. The molecule has 1 aromatic rings. The molecule has 1 fully saturated rings. The van der Waals surface area contributed by atoms with E-state index in [2.05, 4.69) is 10.9 Å². The molecule has 20 heavy (non-hydrogen) atoms. The number of carbonyl (C=O) groups is 3. The zero-order valence-electron chi connectivity index (χ0n) is 10.8. The van der Waals surface area contributed by atoms with Crippen LogP contribution in [0.2, 0.25) is 0 Å². The van der Waals surface area contributed by atoms with Gasteiger partial charge in [0.25, 0.3) is 0 Å². The molecule has 3 N–H and O–H groups in total. The summed E-state index contributed by atoms with van der Waals surface area (Å²) in [6.07, 6.45) is 0.362. The molecule has 2 amide bonds. The summed E-state index contributed by atoms with van der Waals surface area (Å²) in [6, 6.07) is 9.73. The van der Waals surface area contributed by atoms with Crippen LogP contribution in [0.3, 0.4) is 0 Å². The number of hydrogen-bond donors (Lipinski definition) is 3. The molecule has 0 aliphatic heterocycles. The smallest absolute Gasteiger partial charge is 0.303 e. The summed E-state index contributed by atoms with van der Waals surface area (Å²) in [6.45, 7) is 0. The number of hydrogen-bond acceptors (Lipinski definition) is 3. The van der Waals surface area contributed by atoms with E-state index in [-0.39, 0.29) is 30.6 Å². The van der Waals surface area contributed by atoms with Crippen LogP contribution in [0.25, 0.3) is 0 Å². The van der Waals surface area contributed by atoms with Crippen molar-refractivity contribution in [1.29, 1.82) is 0 Å². The molecule has 2 atom stereocenters. The molecular formula is C14H16N2O4. The zero-order chi connectivity index (χ0) is 14.5. The van der Waals surface area contributed by atoms with Gasteiger partial charge in [0.2, 0.25) is 11.8 Å². The van der Waals surface area contributed by atoms with Crippen LogP contribution in [-0.4, -0.2) is 22.9 Å². The fourth-order valence-corrected chi connectivity index (χ4v) is 2.06. The summed E-state index contributed by atoms with van der Waals surface area (Å²) in [4.78, 5) is 33.3. The molecule has 106 valence electrons. The summed E-state index contributed by atoms with van der Waals surface area (Å²) < 4.78 is 0. The topological polar surface area (TPSA) is 95.5 Å². The number of nitrogens with one attached hydrogen (secondary N) is 2. The predicted octanol–water partition coefficient (Wildman–Crippen LogP) is 0.802. The van der Waals surface area contributed by atoms with E-state index in [9.17, 15) is 14.4 Å². The third-order valence-corrected chi connectivity index (χ3v) is 3.25. The van der Waals surface area contributed by atoms with E-state index in [1.54, 1.807) is 0 Å². The molecule has 6 nitrogen and oxygen atoms in total. The van der Waals surface area contributed by atoms with Crippen LogP contribution in [-0.2, 0) is 14.4 Å². The van der Waals surface area contributed by atoms with Gasteiger partial charge >= 0.3 is 5.97 Å². The lowest BCUT2D eigenvalue weighted by Crippen LogP contribution is -2.42. The van der Waals surface area contributed by atoms with E-state index >= 15 is 0 Å². The molecule has 0 bridgehead atoms. The SMILES string of the molecule is O=C(O)CCC(=O)NNC(=O)[C@@H]1C[C@H]1c1ccccc1. The minimum atomic E-state index is -1.04. The second-order valence-corrected chi connectivity index (χ2v) is 4.79. The Morgan fingerprint density at radius 2 is 1.80 bits per heavy atom. The van der Waals surface area contributed by atoms with Gasteiger partial charge in [-0.05, 0) is 17.9 Å². The molecule has 0 aromatic heterocycles. The lowest BCUT2D eigenvalue weighted by molar-refractivity contribution is -0.139. The Bertz CT molecular complexity index is 515. The Morgan fingerprint density at radius 3 is 2.45 bits per heavy atom. The van der Waals surface area contributed by atoms with Gasteiger partial charge in [-0.25, -0.2) is 0 Å². The van der Waals surface area contributed by atoms with E-state index in [4.69, 9.17) is 5.11 Å². The molecule has 1 aliphatic carbocycles. The van der Waals surface area contributed by atoms with Crippen molar-refractivity contribution in [3.05, 3.63) is 35.9 Å². The highest BCUT2D eigenvalue weighted by Gasteiger charge is 2.43. The first-order chi connectivity index (χ1) is 9.58. The van der Waals surface area contributed by atoms with Gasteiger partial charge in [0.15, 0.2) is 0 Å². The number of carbonyl (C=O) groups excluding carboxylic acids is 2. The minimum absolute atomic E-state index is 0.128. The number of carboxylic acid groups (broad SMARTS) is 1. The summed E-state index contributed by atoms with van der Waals surface area (Å²) in [5.41, 5.74) is 5.68. The number of hydrazine groups is 1. The molecule has 6 heteroatoms. The maximum atomic E-state index is 11.8. The van der Waals surface area contributed by atoms with Crippen molar-refractivity contribution in [2.45, 2.75) is 25.2 Å². The molecule has 1 aromatic carbocycles. The lowest BCUT2D eigenvalue weighted by atomic mass is 10.1. The summed E-state index contributed by atoms with van der Waals surface area (Å²) in [5.74, 6) is -1.71. The average molecular weight is 276 g/mol. The molecule has 0 unspecified atom stereocenters. The lowest BCUT2D eigenvalue weighted by Gasteiger charge is -2.06. The summed E-state index contributed by atoms with van der Waals surface area (Å²) in [5, 5.41) is 8.43. The van der Waals surface area contributed by atoms with Crippen LogP contribution in [0.4, 0.5) is 0 Å². The van der Waals surface area contributed by atoms with E-state index in [0.717, 1.165) is 12.0 Å². The number of carboxylic acids is 1. The van der Waals surface area contributed by atoms with Crippen molar-refractivity contribution < 1.29 is 19.5 Å². The maximum absolute atomic E-state index is 11.8. The van der Waals surface area contributed by atoms with E-state index < -0.39 is 11.9 Å². The highest BCUT2D eigenvalue weighted by Crippen LogP contribution is 2.47. The van der Waals surface area contributed by atoms with Gasteiger partial charge < -0.3 is 5.11 Å². The standard InChI is InChI=1S/C14H16N2O4/c17-12(6-7-13(18)19)15-16-14(20)11-8-10(11)9-4-2-1-3-5-9/h1-5,10-11H,6-8H2,(H,15,17)(H,16,20)(H,18,19)/t10-,11+/m0/s1. The van der Waals surface area contributed by atoms with E-state index in [1.807, 2.05) is 30.3 Å². The number of aliphatic carboxylic acids is 1. The van der Waals surface area contributed by atoms with Gasteiger partial charge in [0, 0.05) is 12.3 Å². The number of rotatable bonds is 5. The van der Waals surface area contributed by atoms with Crippen LogP contribution in [0, 0.1) is 5.92 Å². The predicted molar refractivity (Wildman–Crippen MR) is 70.4 cm³/mol. The summed E-state index contributed by atoms with van der Waals surface area (Å²) in [7, 11) is 0. The molecule has 1 aliphatic rings. The highest BCUT2D eigenvalue weighted by molar-refractivity contribution is 5.86. The highest BCUT2D eigenvalue weighted by atomic mass is 16.4. The Balaban J connectivity index is 1.72. The van der Waals surface area contributed by atoms with Gasteiger partial charge in [-0.15, -0.1) is 0 Å². The van der Waals surface area contributed by atoms with Crippen molar-refractivity contribution in [1.82, 2.24) is 10.9 Å². The first-order valence-electron chi connectivity index (χ1n) is 6.43. The van der Waals surface area contributed by atoms with E-state index in [1.165, 1.54) is 0 Å². The van der Waals surface area contributed by atoms with Crippen molar-refractivity contribution in [2.24, 2.45) is 5.92 Å². The van der Waals surface area contributed by atoms with Crippen LogP contribution in [0.15, 0.2) is 30.3 Å². The molecule has 0 spiro atoms. The van der Waals surface area contributed by atoms with Crippen molar-refractivity contribution in [3.8, 4) is 0 Å². The van der Waals surface area contributed by atoms with Crippen molar-refractivity contribution in [3.63, 3.8) is 0 Å². The normalized spacial score (nSPS) is 20.0. The van der Waals surface area contributed by atoms with Gasteiger partial charge in [-0.1, -0.05) is 30.3 Å². The fourth-order valence-electron chi connectivity index (χ4n) is 2.06. The number of amides is 2. The first-order valence-corrected chi connectivity index (χ1v) is 6.43. The quantitative estimate of drug-likeness (QED) is 0.693. The van der Waals surface area contributed by atoms with Crippen LogP contribution in [0.5, 0.6) is 0 Å². The van der Waals surface area contributed by atoms with Gasteiger partial charge in [0.1, 0.15) is 0 Å². The van der Waals surface area contributed by atoms with Gasteiger partial charge in [0.05, 0.1) is 6.42 Å². The molecule has 0 heterocycles. The first kappa shape index (κ1) is 14.0. The monoisotopic (exact) mass is 276 g/mol. The van der Waals surface area contributed by atoms with Crippen molar-refractivity contribution in [2.75, 3.05) is 0 Å². The van der Waals surface area contributed by atoms with Crippen LogP contribution in [0.1, 0.15) is 30.7 Å². The average Bonchev–Trinajstić information content (AvgIpc) is 3.24. The van der Waals surface area contributed by atoms with Crippen molar-refractivity contribution >= 4 is 17.8 Å². The van der Waals surface area contributed by atoms with Gasteiger partial charge in [-0.2, -0.15) is 0 Å². The Hall–Kier alpha value is -2.37. The zero-order valence-corrected chi connectivity index (χ0v) is 10.8. The van der Waals surface area contributed by atoms with Crippen LogP contribution < -0.4 is 10.9 Å². The fraction of sp³-hybridized carbons (Fsp3) is 0.357. The maximum Gasteiger partial charge on any atom is 0.303 e. The molecule has 0 radical (unpaired) electrons.